The second kappa shape index (κ2) is 9.18. The number of aliphatic imine (C=N–C) groups is 1. The highest BCUT2D eigenvalue weighted by molar-refractivity contribution is 6.36. The van der Waals surface area contributed by atoms with E-state index in [1.54, 1.807) is 20.3 Å². The number of aromatic hydroxyl groups is 1. The molecule has 1 aromatic carbocycles. The Morgan fingerprint density at radius 2 is 2.09 bits per heavy atom. The maximum absolute atomic E-state index is 13.1. The molecule has 0 saturated carbocycles. The van der Waals surface area contributed by atoms with Crippen LogP contribution in [0.5, 0.6) is 11.5 Å². The second-order valence-corrected chi connectivity index (χ2v) is 7.58. The minimum Gasteiger partial charge on any atom is -0.508 e. The highest BCUT2D eigenvalue weighted by Gasteiger charge is 2.31. The standard InChI is InChI=1S/C21H18ClF3N8O2/c1-27-16-9-28-13(7-29-16)14(6-26)35-15-8-30-19-18(17(15)22)33(2)20(32-19)31-11-3-10(21(23,24)25)4-12(34)5-11/h3-9,26-28,34H,1-2H3,(H,30,31,32)/b14-13+,26-6?. The van der Waals surface area contributed by atoms with Crippen molar-refractivity contribution in [3.05, 3.63) is 58.5 Å². The number of imidazole rings is 1. The van der Waals surface area contributed by atoms with Crippen LogP contribution in [-0.4, -0.2) is 39.1 Å². The molecule has 14 heteroatoms. The van der Waals surface area contributed by atoms with Crippen molar-refractivity contribution in [3.63, 3.8) is 0 Å². The fourth-order valence-electron chi connectivity index (χ4n) is 3.18. The molecule has 0 radical (unpaired) electrons. The third-order valence-corrected chi connectivity index (χ3v) is 5.24. The van der Waals surface area contributed by atoms with E-state index in [0.29, 0.717) is 23.1 Å². The highest BCUT2D eigenvalue weighted by atomic mass is 35.5. The summed E-state index contributed by atoms with van der Waals surface area (Å²) in [4.78, 5) is 12.6. The molecule has 0 amide bonds. The number of nitrogens with zero attached hydrogens (tertiary/aromatic N) is 4. The molecule has 35 heavy (non-hydrogen) atoms. The van der Waals surface area contributed by atoms with E-state index in [4.69, 9.17) is 21.7 Å². The van der Waals surface area contributed by atoms with Crippen LogP contribution in [0.25, 0.3) is 11.2 Å². The fraction of sp³-hybridized carbons (Fsp3) is 0.143. The molecule has 2 aromatic heterocycles. The summed E-state index contributed by atoms with van der Waals surface area (Å²) in [7, 11) is 3.29. The van der Waals surface area contributed by atoms with Crippen molar-refractivity contribution in [1.82, 2.24) is 25.2 Å². The molecule has 182 valence electrons. The van der Waals surface area contributed by atoms with E-state index in [1.165, 1.54) is 17.0 Å². The van der Waals surface area contributed by atoms with E-state index in [-0.39, 0.29) is 33.8 Å². The van der Waals surface area contributed by atoms with E-state index in [2.05, 4.69) is 30.9 Å². The molecule has 0 unspecified atom stereocenters. The van der Waals surface area contributed by atoms with Crippen LogP contribution in [-0.2, 0) is 13.2 Å². The third-order valence-electron chi connectivity index (χ3n) is 4.88. The summed E-state index contributed by atoms with van der Waals surface area (Å²) in [6.45, 7) is 0. The average molecular weight is 507 g/mol. The van der Waals surface area contributed by atoms with Crippen LogP contribution in [0.1, 0.15) is 5.56 Å². The lowest BCUT2D eigenvalue weighted by Crippen LogP contribution is -2.20. The van der Waals surface area contributed by atoms with Gasteiger partial charge in [0, 0.05) is 32.0 Å². The van der Waals surface area contributed by atoms with Gasteiger partial charge < -0.3 is 35.8 Å². The van der Waals surface area contributed by atoms with Crippen molar-refractivity contribution < 1.29 is 23.0 Å². The van der Waals surface area contributed by atoms with Gasteiger partial charge in [-0.2, -0.15) is 18.2 Å². The number of hydrogen-bond donors (Lipinski definition) is 5. The van der Waals surface area contributed by atoms with Crippen LogP contribution in [0.3, 0.4) is 0 Å². The number of fused-ring (bicyclic) bond motifs is 1. The lowest BCUT2D eigenvalue weighted by molar-refractivity contribution is -0.137. The summed E-state index contributed by atoms with van der Waals surface area (Å²) in [6, 6.07) is 2.60. The number of ether oxygens (including phenoxy) is 1. The Bertz CT molecular complexity index is 1410. The number of pyridine rings is 1. The molecule has 0 fully saturated rings. The van der Waals surface area contributed by atoms with Gasteiger partial charge in [-0.1, -0.05) is 11.6 Å². The monoisotopic (exact) mass is 506 g/mol. The van der Waals surface area contributed by atoms with Crippen LogP contribution in [0.2, 0.25) is 5.02 Å². The zero-order valence-corrected chi connectivity index (χ0v) is 19.0. The maximum atomic E-state index is 13.1. The average Bonchev–Trinajstić information content (AvgIpc) is 3.13. The number of nitrogens with one attached hydrogen (secondary N) is 4. The van der Waals surface area contributed by atoms with Crippen molar-refractivity contribution in [2.45, 2.75) is 6.18 Å². The van der Waals surface area contributed by atoms with Crippen LogP contribution < -0.4 is 20.7 Å². The molecule has 10 nitrogen and oxygen atoms in total. The van der Waals surface area contributed by atoms with Gasteiger partial charge in [-0.05, 0) is 12.1 Å². The van der Waals surface area contributed by atoms with Crippen molar-refractivity contribution >= 4 is 46.8 Å². The van der Waals surface area contributed by atoms with Gasteiger partial charge in [0.2, 0.25) is 5.95 Å². The molecule has 0 spiro atoms. The summed E-state index contributed by atoms with van der Waals surface area (Å²) in [6.07, 6.45) is 0.723. The summed E-state index contributed by atoms with van der Waals surface area (Å²) in [5.41, 5.74) is -0.108. The molecule has 0 aliphatic carbocycles. The van der Waals surface area contributed by atoms with E-state index in [0.717, 1.165) is 18.3 Å². The number of aromatic nitrogens is 3. The Morgan fingerprint density at radius 3 is 2.71 bits per heavy atom. The lowest BCUT2D eigenvalue weighted by atomic mass is 10.2. The Labute approximate surface area is 201 Å². The molecule has 1 aliphatic rings. The Morgan fingerprint density at radius 1 is 1.31 bits per heavy atom. The predicted octanol–water partition coefficient (Wildman–Crippen LogP) is 4.02. The SMILES string of the molecule is CNC1=CN/C(=C(\C=N)Oc2cnc3nc(Nc4cc(O)cc(C(F)(F)F)c4)n(C)c3c2Cl)C=N1. The largest absolute Gasteiger partial charge is 0.508 e. The first-order valence-electron chi connectivity index (χ1n) is 9.91. The van der Waals surface area contributed by atoms with Gasteiger partial charge >= 0.3 is 6.18 Å². The highest BCUT2D eigenvalue weighted by Crippen LogP contribution is 2.36. The Hall–Kier alpha value is -4.26. The molecule has 0 atom stereocenters. The van der Waals surface area contributed by atoms with E-state index in [1.807, 2.05) is 0 Å². The summed E-state index contributed by atoms with van der Waals surface area (Å²) < 4.78 is 46.6. The maximum Gasteiger partial charge on any atom is 0.416 e. The van der Waals surface area contributed by atoms with E-state index < -0.39 is 17.5 Å². The number of benzene rings is 1. The first-order chi connectivity index (χ1) is 16.6. The number of anilines is 2. The van der Waals surface area contributed by atoms with Gasteiger partial charge in [0.1, 0.15) is 27.8 Å². The molecular weight excluding hydrogens is 489 g/mol. The summed E-state index contributed by atoms with van der Waals surface area (Å²) >= 11 is 6.54. The van der Waals surface area contributed by atoms with Crippen molar-refractivity contribution in [2.75, 3.05) is 12.4 Å². The number of rotatable bonds is 6. The molecule has 5 N–H and O–H groups in total. The van der Waals surface area contributed by atoms with E-state index in [9.17, 15) is 18.3 Å². The number of hydrogen-bond acceptors (Lipinski definition) is 9. The molecular formula is C21H18ClF3N8O2. The van der Waals surface area contributed by atoms with Gasteiger partial charge in [0.15, 0.2) is 17.2 Å². The van der Waals surface area contributed by atoms with Crippen LogP contribution in [0, 0.1) is 5.41 Å². The number of phenolic OH excluding ortho intramolecular Hbond substituents is 1. The normalized spacial score (nSPS) is 14.9. The topological polar surface area (TPSA) is 132 Å². The van der Waals surface area contributed by atoms with Gasteiger partial charge in [0.05, 0.1) is 24.2 Å². The van der Waals surface area contributed by atoms with E-state index >= 15 is 0 Å². The summed E-state index contributed by atoms with van der Waals surface area (Å²) in [5.74, 6) is 0.389. The molecule has 1 aliphatic heterocycles. The second-order valence-electron chi connectivity index (χ2n) is 7.20. The first kappa shape index (κ1) is 23.9. The van der Waals surface area contributed by atoms with Crippen molar-refractivity contribution in [2.24, 2.45) is 12.0 Å². The molecule has 3 heterocycles. The van der Waals surface area contributed by atoms with Gasteiger partial charge in [0.25, 0.3) is 0 Å². The zero-order valence-electron chi connectivity index (χ0n) is 18.2. The number of aryl methyl sites for hydroxylation is 1. The van der Waals surface area contributed by atoms with Crippen molar-refractivity contribution in [1.29, 1.82) is 5.41 Å². The molecule has 0 bridgehead atoms. The number of phenols is 1. The number of halogens is 4. The lowest BCUT2D eigenvalue weighted by Gasteiger charge is -2.14. The Kier molecular flexibility index (Phi) is 6.26. The zero-order chi connectivity index (χ0) is 25.3. The smallest absolute Gasteiger partial charge is 0.416 e. The third kappa shape index (κ3) is 4.84. The van der Waals surface area contributed by atoms with Gasteiger partial charge in [-0.15, -0.1) is 0 Å². The van der Waals surface area contributed by atoms with Gasteiger partial charge in [-0.3, -0.25) is 0 Å². The first-order valence-corrected chi connectivity index (χ1v) is 10.3. The van der Waals surface area contributed by atoms with Crippen LogP contribution in [0.15, 0.2) is 52.9 Å². The number of allylic oxidation sites excluding steroid dienone is 2. The van der Waals surface area contributed by atoms with Gasteiger partial charge in [-0.25, -0.2) is 9.98 Å². The Balaban J connectivity index is 1.67. The quantitative estimate of drug-likeness (QED) is 0.252. The molecule has 3 aromatic rings. The molecule has 0 saturated heterocycles. The summed E-state index contributed by atoms with van der Waals surface area (Å²) in [5, 5.41) is 26.1. The van der Waals surface area contributed by atoms with Crippen LogP contribution in [0.4, 0.5) is 24.8 Å². The predicted molar refractivity (Wildman–Crippen MR) is 125 cm³/mol. The molecule has 4 rings (SSSR count). The number of alkyl halides is 3. The minimum atomic E-state index is -4.64. The van der Waals surface area contributed by atoms with Crippen molar-refractivity contribution in [3.8, 4) is 11.5 Å². The fourth-order valence-corrected chi connectivity index (χ4v) is 3.48. The van der Waals surface area contributed by atoms with Crippen LogP contribution >= 0.6 is 11.6 Å². The minimum absolute atomic E-state index is 0.0317.